The highest BCUT2D eigenvalue weighted by Gasteiger charge is 2.40. The first-order chi connectivity index (χ1) is 12.9. The molecule has 148 valence electrons. The summed E-state index contributed by atoms with van der Waals surface area (Å²) < 4.78 is 53.6. The summed E-state index contributed by atoms with van der Waals surface area (Å²) in [6.07, 6.45) is 1.59. The van der Waals surface area contributed by atoms with E-state index >= 15 is 0 Å². The number of nitrogens with one attached hydrogen (secondary N) is 1. The normalized spacial score (nSPS) is 17.6. The minimum atomic E-state index is -3.61. The summed E-state index contributed by atoms with van der Waals surface area (Å²) >= 11 is 0. The fourth-order valence-corrected chi connectivity index (χ4v) is 5.06. The van der Waals surface area contributed by atoms with Gasteiger partial charge in [-0.05, 0) is 68.1 Å². The molecule has 5 nitrogen and oxygen atoms in total. The predicted octanol–water partition coefficient (Wildman–Crippen LogP) is 4.81. The molecule has 0 saturated heterocycles. The number of nitrogens with zero attached hydrogens (tertiary/aromatic N) is 2. The number of hydrogen-bond donors (Lipinski definition) is 3. The van der Waals surface area contributed by atoms with Gasteiger partial charge in [-0.25, -0.2) is 13.1 Å². The average Bonchev–Trinajstić information content (AvgIpc) is 2.61. The van der Waals surface area contributed by atoms with Crippen molar-refractivity contribution in [2.45, 2.75) is 26.3 Å². The van der Waals surface area contributed by atoms with Crippen LogP contribution in [0.4, 0.5) is 20.2 Å². The number of benzene rings is 2. The standard InChI is InChI=1S/C19H25F2N3O2S/c1-14-8-9-18-15(12-14)13-23(11-4-3-10-22-2)27(25,26)24(18)19-16(20)6-5-7-17(19)21/h5-9,12,22,25-26H,3-4,10-11,13H2,1-2H3. The molecule has 2 aromatic carbocycles. The van der Waals surface area contributed by atoms with Crippen LogP contribution in [0.1, 0.15) is 24.0 Å². The van der Waals surface area contributed by atoms with Gasteiger partial charge in [-0.3, -0.25) is 9.11 Å². The van der Waals surface area contributed by atoms with Crippen LogP contribution in [-0.4, -0.2) is 33.5 Å². The number of para-hydroxylation sites is 1. The zero-order valence-electron chi connectivity index (χ0n) is 15.5. The smallest absolute Gasteiger partial charge is 0.151 e. The van der Waals surface area contributed by atoms with Gasteiger partial charge in [0.25, 0.3) is 0 Å². The Morgan fingerprint density at radius 1 is 1.11 bits per heavy atom. The second-order valence-electron chi connectivity index (χ2n) is 6.66. The molecule has 0 fully saturated rings. The van der Waals surface area contributed by atoms with Crippen LogP contribution < -0.4 is 9.62 Å². The van der Waals surface area contributed by atoms with E-state index < -0.39 is 28.3 Å². The molecule has 0 unspecified atom stereocenters. The highest BCUT2D eigenvalue weighted by molar-refractivity contribution is 8.23. The lowest BCUT2D eigenvalue weighted by Gasteiger charge is -2.54. The highest BCUT2D eigenvalue weighted by Crippen LogP contribution is 2.59. The van der Waals surface area contributed by atoms with Crippen LogP contribution in [0.5, 0.6) is 0 Å². The van der Waals surface area contributed by atoms with Crippen LogP contribution >= 0.6 is 11.0 Å². The Labute approximate surface area is 160 Å². The quantitative estimate of drug-likeness (QED) is 0.611. The molecule has 1 aliphatic rings. The SMILES string of the molecule is CNCCCCN1Cc2cc(C)ccc2N(c2c(F)cccc2F)S1(O)O. The van der Waals surface area contributed by atoms with Crippen molar-refractivity contribution in [1.82, 2.24) is 9.62 Å². The number of hydrogen-bond acceptors (Lipinski definition) is 5. The Balaban J connectivity index is 2.06. The molecule has 0 aromatic heterocycles. The second kappa shape index (κ2) is 8.12. The first-order valence-corrected chi connectivity index (χ1v) is 10.3. The van der Waals surface area contributed by atoms with Crippen molar-refractivity contribution in [3.63, 3.8) is 0 Å². The first kappa shape index (κ1) is 20.0. The van der Waals surface area contributed by atoms with E-state index in [2.05, 4.69) is 5.32 Å². The number of anilines is 2. The Kier molecular flexibility index (Phi) is 6.02. The van der Waals surface area contributed by atoms with Gasteiger partial charge in [0, 0.05) is 13.1 Å². The molecule has 3 rings (SSSR count). The molecule has 1 aliphatic heterocycles. The van der Waals surface area contributed by atoms with E-state index in [0.29, 0.717) is 18.8 Å². The average molecular weight is 397 g/mol. The van der Waals surface area contributed by atoms with Gasteiger partial charge in [0.1, 0.15) is 5.69 Å². The van der Waals surface area contributed by atoms with Crippen molar-refractivity contribution >= 4 is 22.3 Å². The summed E-state index contributed by atoms with van der Waals surface area (Å²) in [5, 5.41) is 3.05. The monoisotopic (exact) mass is 397 g/mol. The number of halogens is 2. The molecule has 0 bridgehead atoms. The zero-order valence-corrected chi connectivity index (χ0v) is 16.3. The van der Waals surface area contributed by atoms with E-state index in [1.165, 1.54) is 10.4 Å². The van der Waals surface area contributed by atoms with Crippen molar-refractivity contribution in [3.05, 3.63) is 59.2 Å². The van der Waals surface area contributed by atoms with E-state index in [1.54, 1.807) is 12.1 Å². The van der Waals surface area contributed by atoms with E-state index in [9.17, 15) is 17.9 Å². The molecule has 0 saturated carbocycles. The van der Waals surface area contributed by atoms with Gasteiger partial charge < -0.3 is 5.32 Å². The Hall–Kier alpha value is -1.71. The summed E-state index contributed by atoms with van der Waals surface area (Å²) in [5.41, 5.74) is 1.77. The van der Waals surface area contributed by atoms with Gasteiger partial charge in [-0.1, -0.05) is 23.8 Å². The second-order valence-corrected chi connectivity index (χ2v) is 8.52. The van der Waals surface area contributed by atoms with E-state index in [-0.39, 0.29) is 0 Å². The van der Waals surface area contributed by atoms with E-state index in [4.69, 9.17) is 0 Å². The van der Waals surface area contributed by atoms with Crippen LogP contribution in [0.2, 0.25) is 0 Å². The highest BCUT2D eigenvalue weighted by atomic mass is 32.3. The molecule has 0 radical (unpaired) electrons. The zero-order chi connectivity index (χ0) is 19.6. The largest absolute Gasteiger partial charge is 0.320 e. The predicted molar refractivity (Wildman–Crippen MR) is 106 cm³/mol. The number of unbranched alkanes of at least 4 members (excludes halogenated alkanes) is 1. The third-order valence-corrected chi connectivity index (χ3v) is 6.49. The third-order valence-electron chi connectivity index (χ3n) is 4.62. The fraction of sp³-hybridized carbons (Fsp3) is 0.368. The summed E-state index contributed by atoms with van der Waals surface area (Å²) in [7, 11) is -1.75. The summed E-state index contributed by atoms with van der Waals surface area (Å²) in [5.74, 6) is -1.67. The molecule has 27 heavy (non-hydrogen) atoms. The maximum atomic E-state index is 14.5. The minimum Gasteiger partial charge on any atom is -0.320 e. The third kappa shape index (κ3) is 3.95. The van der Waals surface area contributed by atoms with Crippen LogP contribution in [-0.2, 0) is 6.54 Å². The Morgan fingerprint density at radius 2 is 1.81 bits per heavy atom. The fourth-order valence-electron chi connectivity index (χ4n) is 3.28. The number of rotatable bonds is 6. The van der Waals surface area contributed by atoms with Gasteiger partial charge in [0.05, 0.1) is 5.69 Å². The molecule has 2 aromatic rings. The van der Waals surface area contributed by atoms with Gasteiger partial charge in [-0.15, -0.1) is 0 Å². The molecule has 1 heterocycles. The summed E-state index contributed by atoms with van der Waals surface area (Å²) in [6, 6.07) is 8.89. The van der Waals surface area contributed by atoms with Crippen molar-refractivity contribution in [3.8, 4) is 0 Å². The van der Waals surface area contributed by atoms with Crippen molar-refractivity contribution < 1.29 is 17.9 Å². The lowest BCUT2D eigenvalue weighted by Crippen LogP contribution is -2.42. The van der Waals surface area contributed by atoms with Gasteiger partial charge >= 0.3 is 0 Å². The van der Waals surface area contributed by atoms with Crippen LogP contribution in [0, 0.1) is 18.6 Å². The first-order valence-electron chi connectivity index (χ1n) is 8.88. The topological polar surface area (TPSA) is 59.0 Å². The summed E-state index contributed by atoms with van der Waals surface area (Å²) in [6.45, 7) is 3.46. The Bertz CT molecular complexity index is 799. The van der Waals surface area contributed by atoms with Crippen molar-refractivity contribution in [1.29, 1.82) is 0 Å². The van der Waals surface area contributed by atoms with Crippen LogP contribution in [0.15, 0.2) is 36.4 Å². The van der Waals surface area contributed by atoms with E-state index in [0.717, 1.165) is 47.0 Å². The lowest BCUT2D eigenvalue weighted by molar-refractivity contribution is 0.329. The molecule has 8 heteroatoms. The van der Waals surface area contributed by atoms with Crippen molar-refractivity contribution in [2.24, 2.45) is 0 Å². The molecule has 3 N–H and O–H groups in total. The van der Waals surface area contributed by atoms with Gasteiger partial charge in [-0.2, -0.15) is 4.31 Å². The molecular weight excluding hydrogens is 372 g/mol. The molecule has 0 spiro atoms. The van der Waals surface area contributed by atoms with Crippen LogP contribution in [0.25, 0.3) is 0 Å². The lowest BCUT2D eigenvalue weighted by atomic mass is 10.1. The molecule has 0 atom stereocenters. The van der Waals surface area contributed by atoms with E-state index in [1.807, 2.05) is 20.0 Å². The Morgan fingerprint density at radius 3 is 2.48 bits per heavy atom. The molecule has 0 aliphatic carbocycles. The van der Waals surface area contributed by atoms with Crippen molar-refractivity contribution in [2.75, 3.05) is 24.4 Å². The van der Waals surface area contributed by atoms with Crippen LogP contribution in [0.3, 0.4) is 0 Å². The summed E-state index contributed by atoms with van der Waals surface area (Å²) in [4.78, 5) is 0. The van der Waals surface area contributed by atoms with Gasteiger partial charge in [0.2, 0.25) is 0 Å². The maximum Gasteiger partial charge on any atom is 0.151 e. The number of aryl methyl sites for hydroxylation is 1. The molecule has 0 amide bonds. The van der Waals surface area contributed by atoms with Gasteiger partial charge in [0.15, 0.2) is 11.6 Å². The number of fused-ring (bicyclic) bond motifs is 1. The maximum absolute atomic E-state index is 14.5. The minimum absolute atomic E-state index is 0.311. The molecular formula is C19H25F2N3O2S.